The van der Waals surface area contributed by atoms with E-state index in [-0.39, 0.29) is 10.8 Å². The molecule has 7 heteroatoms. The van der Waals surface area contributed by atoms with Crippen LogP contribution in [-0.2, 0) is 9.84 Å². The smallest absolute Gasteiger partial charge is 0.255 e. The van der Waals surface area contributed by atoms with Crippen molar-refractivity contribution >= 4 is 44.5 Å². The van der Waals surface area contributed by atoms with Crippen LogP contribution in [0.4, 0.5) is 5.69 Å². The summed E-state index contributed by atoms with van der Waals surface area (Å²) in [6, 6.07) is 7.15. The lowest BCUT2D eigenvalue weighted by Gasteiger charge is -2.12. The first kappa shape index (κ1) is 18.0. The molecule has 0 aliphatic rings. The lowest BCUT2D eigenvalue weighted by molar-refractivity contribution is 0.102. The van der Waals surface area contributed by atoms with Gasteiger partial charge >= 0.3 is 0 Å². The van der Waals surface area contributed by atoms with Crippen LogP contribution in [0.3, 0.4) is 0 Å². The minimum atomic E-state index is -3.47. The van der Waals surface area contributed by atoms with Crippen LogP contribution in [0.2, 0.25) is 0 Å². The lowest BCUT2D eigenvalue weighted by Crippen LogP contribution is -2.18. The summed E-state index contributed by atoms with van der Waals surface area (Å²) in [6.07, 6.45) is 1.83. The molecule has 0 unspecified atom stereocenters. The molecule has 0 bridgehead atoms. The molecule has 0 saturated heterocycles. The summed E-state index contributed by atoms with van der Waals surface area (Å²) in [7, 11) is -3.47. The molecular formula is C16H19NO3S3. The highest BCUT2D eigenvalue weighted by molar-refractivity contribution is 8.01. The van der Waals surface area contributed by atoms with E-state index in [0.29, 0.717) is 15.5 Å². The summed E-state index contributed by atoms with van der Waals surface area (Å²) < 4.78 is 25.9. The third-order valence-electron chi connectivity index (χ3n) is 3.37. The Labute approximate surface area is 145 Å². The number of nitrogens with one attached hydrogen (secondary N) is 1. The third kappa shape index (κ3) is 3.79. The van der Waals surface area contributed by atoms with Gasteiger partial charge in [0.25, 0.3) is 5.91 Å². The van der Waals surface area contributed by atoms with Crippen molar-refractivity contribution in [1.29, 1.82) is 0 Å². The average Bonchev–Trinajstić information content (AvgIpc) is 2.91. The van der Waals surface area contributed by atoms with Gasteiger partial charge in [-0.3, -0.25) is 4.79 Å². The number of sulfone groups is 1. The molecule has 0 radical (unpaired) electrons. The van der Waals surface area contributed by atoms with Crippen LogP contribution < -0.4 is 5.32 Å². The van der Waals surface area contributed by atoms with Crippen LogP contribution in [0.5, 0.6) is 0 Å². The van der Waals surface area contributed by atoms with E-state index in [0.717, 1.165) is 5.56 Å². The van der Waals surface area contributed by atoms with E-state index in [1.807, 2.05) is 25.3 Å². The topological polar surface area (TPSA) is 63.2 Å². The van der Waals surface area contributed by atoms with Crippen molar-refractivity contribution in [3.8, 4) is 0 Å². The Hall–Kier alpha value is -1.31. The third-order valence-corrected chi connectivity index (χ3v) is 7.99. The van der Waals surface area contributed by atoms with Crippen molar-refractivity contribution in [2.24, 2.45) is 0 Å². The average molecular weight is 370 g/mol. The number of anilines is 1. The predicted molar refractivity (Wildman–Crippen MR) is 97.6 cm³/mol. The van der Waals surface area contributed by atoms with Gasteiger partial charge < -0.3 is 5.32 Å². The van der Waals surface area contributed by atoms with Gasteiger partial charge in [-0.2, -0.15) is 0 Å². The molecule has 124 valence electrons. The number of hydrogen-bond acceptors (Lipinski definition) is 5. The molecule has 1 amide bonds. The monoisotopic (exact) mass is 369 g/mol. The second kappa shape index (κ2) is 7.07. The maximum absolute atomic E-state index is 12.6. The van der Waals surface area contributed by atoms with Gasteiger partial charge in [-0.1, -0.05) is 17.7 Å². The van der Waals surface area contributed by atoms with Gasteiger partial charge in [0, 0.05) is 10.9 Å². The summed E-state index contributed by atoms with van der Waals surface area (Å²) in [5, 5.41) is 3.89. The van der Waals surface area contributed by atoms with Crippen LogP contribution in [-0.4, -0.2) is 25.8 Å². The SMILES string of the molecule is CSc1scc(NC(=O)c2ccc(C)cc2)c1S(=O)(=O)C(C)C. The zero-order valence-electron chi connectivity index (χ0n) is 13.4. The summed E-state index contributed by atoms with van der Waals surface area (Å²) in [5.41, 5.74) is 1.92. The maximum Gasteiger partial charge on any atom is 0.255 e. The van der Waals surface area contributed by atoms with Gasteiger partial charge in [0.1, 0.15) is 4.90 Å². The maximum atomic E-state index is 12.6. The number of aryl methyl sites for hydroxylation is 1. The van der Waals surface area contributed by atoms with Gasteiger partial charge in [-0.25, -0.2) is 8.42 Å². The molecule has 4 nitrogen and oxygen atoms in total. The first-order valence-corrected chi connectivity index (χ1v) is 10.7. The Morgan fingerprint density at radius 2 is 1.83 bits per heavy atom. The Morgan fingerprint density at radius 1 is 1.22 bits per heavy atom. The highest BCUT2D eigenvalue weighted by Crippen LogP contribution is 2.39. The number of rotatable bonds is 5. The molecule has 1 aromatic heterocycles. The molecule has 1 aromatic carbocycles. The van der Waals surface area contributed by atoms with Crippen molar-refractivity contribution in [2.45, 2.75) is 35.1 Å². The molecule has 1 N–H and O–H groups in total. The minimum absolute atomic E-state index is 0.227. The normalized spacial score (nSPS) is 11.7. The summed E-state index contributed by atoms with van der Waals surface area (Å²) >= 11 is 2.70. The van der Waals surface area contributed by atoms with Gasteiger partial charge in [-0.05, 0) is 39.2 Å². The number of thioether (sulfide) groups is 1. The fourth-order valence-corrected chi connectivity index (χ4v) is 5.69. The molecule has 2 aromatic rings. The first-order valence-electron chi connectivity index (χ1n) is 7.04. The fraction of sp³-hybridized carbons (Fsp3) is 0.312. The zero-order chi connectivity index (χ0) is 17.2. The van der Waals surface area contributed by atoms with Crippen LogP contribution in [0.1, 0.15) is 29.8 Å². The van der Waals surface area contributed by atoms with Crippen molar-refractivity contribution < 1.29 is 13.2 Å². The number of thiophene rings is 1. The first-order chi connectivity index (χ1) is 10.8. The Balaban J connectivity index is 2.39. The second-order valence-corrected chi connectivity index (χ2v) is 9.78. The lowest BCUT2D eigenvalue weighted by atomic mass is 10.1. The number of carbonyl (C=O) groups is 1. The van der Waals surface area contributed by atoms with Crippen molar-refractivity contribution in [3.63, 3.8) is 0 Å². The summed E-state index contributed by atoms with van der Waals surface area (Å²) in [5.74, 6) is -0.310. The molecule has 23 heavy (non-hydrogen) atoms. The molecule has 0 saturated carbocycles. The van der Waals surface area contributed by atoms with Gasteiger partial charge in [-0.15, -0.1) is 23.1 Å². The molecule has 0 aliphatic heterocycles. The highest BCUT2D eigenvalue weighted by Gasteiger charge is 2.28. The van der Waals surface area contributed by atoms with E-state index in [2.05, 4.69) is 5.32 Å². The van der Waals surface area contributed by atoms with E-state index >= 15 is 0 Å². The minimum Gasteiger partial charge on any atom is -0.320 e. The van der Waals surface area contributed by atoms with Crippen LogP contribution in [0, 0.1) is 6.92 Å². The second-order valence-electron chi connectivity index (χ2n) is 5.38. The van der Waals surface area contributed by atoms with E-state index in [1.165, 1.54) is 23.1 Å². The predicted octanol–water partition coefficient (Wildman–Crippen LogP) is 4.21. The standard InChI is InChI=1S/C16H19NO3S3/c1-10(2)23(19,20)14-13(9-22-16(14)21-4)17-15(18)12-7-5-11(3)6-8-12/h5-10H,1-4H3,(H,17,18). The molecule has 0 atom stereocenters. The molecular weight excluding hydrogens is 350 g/mol. The Kier molecular flexibility index (Phi) is 5.54. The quantitative estimate of drug-likeness (QED) is 0.802. The molecule has 0 spiro atoms. The molecule has 0 aliphatic carbocycles. The number of carbonyl (C=O) groups excluding carboxylic acids is 1. The molecule has 2 rings (SSSR count). The van der Waals surface area contributed by atoms with E-state index < -0.39 is 15.1 Å². The zero-order valence-corrected chi connectivity index (χ0v) is 15.9. The highest BCUT2D eigenvalue weighted by atomic mass is 32.2. The van der Waals surface area contributed by atoms with Crippen molar-refractivity contribution in [2.75, 3.05) is 11.6 Å². The fourth-order valence-electron chi connectivity index (χ4n) is 1.96. The number of amides is 1. The van der Waals surface area contributed by atoms with Crippen LogP contribution in [0.25, 0.3) is 0 Å². The van der Waals surface area contributed by atoms with Crippen LogP contribution in [0.15, 0.2) is 38.8 Å². The summed E-state index contributed by atoms with van der Waals surface area (Å²) in [4.78, 5) is 12.6. The van der Waals surface area contributed by atoms with E-state index in [1.54, 1.807) is 31.4 Å². The van der Waals surface area contributed by atoms with Crippen LogP contribution >= 0.6 is 23.1 Å². The van der Waals surface area contributed by atoms with Gasteiger partial charge in [0.05, 0.1) is 15.1 Å². The largest absolute Gasteiger partial charge is 0.320 e. The molecule has 1 heterocycles. The number of hydrogen-bond donors (Lipinski definition) is 1. The Morgan fingerprint density at radius 3 is 2.35 bits per heavy atom. The molecule has 0 fully saturated rings. The van der Waals surface area contributed by atoms with Gasteiger partial charge in [0.15, 0.2) is 9.84 Å². The van der Waals surface area contributed by atoms with E-state index in [4.69, 9.17) is 0 Å². The van der Waals surface area contributed by atoms with Crippen molar-refractivity contribution in [3.05, 3.63) is 40.8 Å². The van der Waals surface area contributed by atoms with E-state index in [9.17, 15) is 13.2 Å². The Bertz CT molecular complexity index is 806. The van der Waals surface area contributed by atoms with Gasteiger partial charge in [0.2, 0.25) is 0 Å². The number of benzene rings is 1. The van der Waals surface area contributed by atoms with Crippen molar-refractivity contribution in [1.82, 2.24) is 0 Å². The summed E-state index contributed by atoms with van der Waals surface area (Å²) in [6.45, 7) is 5.23.